The van der Waals surface area contributed by atoms with E-state index in [2.05, 4.69) is 4.98 Å². The number of aromatic nitrogens is 1. The zero-order valence-electron chi connectivity index (χ0n) is 12.7. The van der Waals surface area contributed by atoms with Gasteiger partial charge in [-0.1, -0.05) is 0 Å². The van der Waals surface area contributed by atoms with E-state index in [0.717, 1.165) is 6.42 Å². The zero-order valence-corrected chi connectivity index (χ0v) is 14.3. The first-order chi connectivity index (χ1) is 10.0. The maximum absolute atomic E-state index is 12.5. The molecule has 23 heavy (non-hydrogen) atoms. The zero-order chi connectivity index (χ0) is 15.4. The Bertz CT molecular complexity index is 509. The van der Waals surface area contributed by atoms with E-state index in [0.29, 0.717) is 13.1 Å². The fourth-order valence-electron chi connectivity index (χ4n) is 2.55. The molecule has 1 amide bonds. The highest BCUT2D eigenvalue weighted by molar-refractivity contribution is 5.95. The van der Waals surface area contributed by atoms with Gasteiger partial charge in [-0.2, -0.15) is 0 Å². The highest BCUT2D eigenvalue weighted by atomic mass is 35.5. The van der Waals surface area contributed by atoms with E-state index in [1.807, 2.05) is 6.92 Å². The molecule has 2 atom stereocenters. The molecule has 2 rings (SSSR count). The number of alkyl halides is 2. The first kappa shape index (κ1) is 21.8. The summed E-state index contributed by atoms with van der Waals surface area (Å²) >= 11 is 0. The second-order valence-corrected chi connectivity index (χ2v) is 5.20. The molecule has 1 fully saturated rings. The molecular formula is C14H21Cl2F2N3O2. The van der Waals surface area contributed by atoms with Crippen molar-refractivity contribution in [1.82, 2.24) is 9.88 Å². The van der Waals surface area contributed by atoms with Crippen molar-refractivity contribution in [2.45, 2.75) is 25.8 Å². The second-order valence-electron chi connectivity index (χ2n) is 5.20. The van der Waals surface area contributed by atoms with Gasteiger partial charge in [0.15, 0.2) is 11.4 Å². The number of likely N-dealkylation sites (tertiary alicyclic amines) is 1. The lowest BCUT2D eigenvalue weighted by Gasteiger charge is -2.22. The minimum Gasteiger partial charge on any atom is -0.485 e. The lowest BCUT2D eigenvalue weighted by molar-refractivity contribution is 0.0695. The molecule has 0 saturated carbocycles. The molecule has 1 saturated heterocycles. The number of hydrogen-bond donors (Lipinski definition) is 1. The molecule has 0 bridgehead atoms. The Morgan fingerprint density at radius 1 is 1.52 bits per heavy atom. The summed E-state index contributed by atoms with van der Waals surface area (Å²) in [5, 5.41) is 0. The van der Waals surface area contributed by atoms with Crippen molar-refractivity contribution < 1.29 is 18.3 Å². The van der Waals surface area contributed by atoms with Crippen LogP contribution in [-0.2, 0) is 0 Å². The van der Waals surface area contributed by atoms with Gasteiger partial charge in [-0.15, -0.1) is 24.8 Å². The number of carbonyl (C=O) groups excluding carboxylic acids is 1. The SMILES string of the molecule is CC1CC(CN)CN1C(=O)c1ncccc1OCC(F)F.Cl.Cl. The van der Waals surface area contributed by atoms with E-state index in [9.17, 15) is 13.6 Å². The van der Waals surface area contributed by atoms with Crippen molar-refractivity contribution in [3.63, 3.8) is 0 Å². The largest absolute Gasteiger partial charge is 0.485 e. The van der Waals surface area contributed by atoms with Crippen LogP contribution in [-0.4, -0.2) is 48.0 Å². The van der Waals surface area contributed by atoms with Crippen LogP contribution in [0.1, 0.15) is 23.8 Å². The van der Waals surface area contributed by atoms with E-state index in [4.69, 9.17) is 10.5 Å². The Morgan fingerprint density at radius 3 is 2.78 bits per heavy atom. The van der Waals surface area contributed by atoms with Gasteiger partial charge in [0.2, 0.25) is 0 Å². The molecule has 5 nitrogen and oxygen atoms in total. The third-order valence-electron chi connectivity index (χ3n) is 3.59. The topological polar surface area (TPSA) is 68.5 Å². The number of ether oxygens (including phenoxy) is 1. The number of nitrogens with zero attached hydrogens (tertiary/aromatic N) is 2. The summed E-state index contributed by atoms with van der Waals surface area (Å²) in [6, 6.07) is 3.08. The summed E-state index contributed by atoms with van der Waals surface area (Å²) in [5.41, 5.74) is 5.72. The van der Waals surface area contributed by atoms with Crippen LogP contribution in [0.25, 0.3) is 0 Å². The van der Waals surface area contributed by atoms with Crippen molar-refractivity contribution in [2.75, 3.05) is 19.7 Å². The molecule has 2 unspecified atom stereocenters. The van der Waals surface area contributed by atoms with Gasteiger partial charge in [-0.05, 0) is 37.9 Å². The molecule has 2 N–H and O–H groups in total. The summed E-state index contributed by atoms with van der Waals surface area (Å²) in [6.07, 6.45) is -0.313. The molecule has 9 heteroatoms. The fraction of sp³-hybridized carbons (Fsp3) is 0.571. The Balaban J connectivity index is 0.00000242. The highest BCUT2D eigenvalue weighted by Crippen LogP contribution is 2.26. The van der Waals surface area contributed by atoms with E-state index in [1.54, 1.807) is 11.0 Å². The smallest absolute Gasteiger partial charge is 0.276 e. The number of halogens is 4. The summed E-state index contributed by atoms with van der Waals surface area (Å²) in [6.45, 7) is 2.26. The van der Waals surface area contributed by atoms with Crippen LogP contribution in [0.2, 0.25) is 0 Å². The molecule has 1 aromatic rings. The summed E-state index contributed by atoms with van der Waals surface area (Å²) in [7, 11) is 0. The van der Waals surface area contributed by atoms with Gasteiger partial charge < -0.3 is 15.4 Å². The van der Waals surface area contributed by atoms with Crippen LogP contribution in [0.5, 0.6) is 5.75 Å². The van der Waals surface area contributed by atoms with E-state index in [1.165, 1.54) is 12.3 Å². The maximum Gasteiger partial charge on any atom is 0.276 e. The van der Waals surface area contributed by atoms with Crippen LogP contribution < -0.4 is 10.5 Å². The predicted molar refractivity (Wildman–Crippen MR) is 87.9 cm³/mol. The predicted octanol–water partition coefficient (Wildman–Crippen LogP) is 2.38. The number of hydrogen-bond acceptors (Lipinski definition) is 4. The summed E-state index contributed by atoms with van der Waals surface area (Å²) < 4.78 is 29.5. The maximum atomic E-state index is 12.5. The minimum atomic E-state index is -2.60. The van der Waals surface area contributed by atoms with E-state index in [-0.39, 0.29) is 54.1 Å². The summed E-state index contributed by atoms with van der Waals surface area (Å²) in [4.78, 5) is 18.2. The minimum absolute atomic E-state index is 0. The van der Waals surface area contributed by atoms with Crippen LogP contribution in [0.15, 0.2) is 18.3 Å². The lowest BCUT2D eigenvalue weighted by Crippen LogP contribution is -2.35. The molecule has 1 aliphatic heterocycles. The molecular weight excluding hydrogens is 351 g/mol. The number of pyridine rings is 1. The van der Waals surface area contributed by atoms with Crippen molar-refractivity contribution in [1.29, 1.82) is 0 Å². The standard InChI is InChI=1S/C14H19F2N3O2.2ClH/c1-9-5-10(6-17)7-19(9)14(20)13-11(3-2-4-18-13)21-8-12(15)16;;/h2-4,9-10,12H,5-8,17H2,1H3;2*1H. The fourth-order valence-corrected chi connectivity index (χ4v) is 2.55. The average Bonchev–Trinajstić information content (AvgIpc) is 2.86. The normalized spacial score (nSPS) is 20.0. The molecule has 0 aromatic carbocycles. The first-order valence-electron chi connectivity index (χ1n) is 6.90. The summed E-state index contributed by atoms with van der Waals surface area (Å²) in [5.74, 6) is 0.0487. The Hall–Kier alpha value is -1.18. The van der Waals surface area contributed by atoms with Gasteiger partial charge >= 0.3 is 0 Å². The van der Waals surface area contributed by atoms with Gasteiger partial charge in [-0.25, -0.2) is 13.8 Å². The van der Waals surface area contributed by atoms with Gasteiger partial charge in [-0.3, -0.25) is 4.79 Å². The molecule has 0 aliphatic carbocycles. The van der Waals surface area contributed by atoms with E-state index >= 15 is 0 Å². The molecule has 0 radical (unpaired) electrons. The van der Waals surface area contributed by atoms with Crippen LogP contribution in [0, 0.1) is 5.92 Å². The molecule has 1 aliphatic rings. The second kappa shape index (κ2) is 9.85. The van der Waals surface area contributed by atoms with Crippen LogP contribution in [0.4, 0.5) is 8.78 Å². The van der Waals surface area contributed by atoms with E-state index < -0.39 is 13.0 Å². The van der Waals surface area contributed by atoms with Gasteiger partial charge in [0.1, 0.15) is 6.61 Å². The Labute approximate surface area is 146 Å². The van der Waals surface area contributed by atoms with Crippen LogP contribution >= 0.6 is 24.8 Å². The lowest BCUT2D eigenvalue weighted by atomic mass is 10.1. The monoisotopic (exact) mass is 371 g/mol. The highest BCUT2D eigenvalue weighted by Gasteiger charge is 2.33. The van der Waals surface area contributed by atoms with Crippen molar-refractivity contribution in [2.24, 2.45) is 11.7 Å². The third kappa shape index (κ3) is 5.44. The quantitative estimate of drug-likeness (QED) is 0.862. The Morgan fingerprint density at radius 2 is 2.22 bits per heavy atom. The third-order valence-corrected chi connectivity index (χ3v) is 3.59. The Kier molecular flexibility index (Phi) is 9.34. The molecule has 2 heterocycles. The number of rotatable bonds is 5. The van der Waals surface area contributed by atoms with Gasteiger partial charge in [0.05, 0.1) is 0 Å². The van der Waals surface area contributed by atoms with Crippen molar-refractivity contribution >= 4 is 30.7 Å². The number of amides is 1. The number of carbonyl (C=O) groups is 1. The number of nitrogens with two attached hydrogens (primary N) is 1. The van der Waals surface area contributed by atoms with Crippen LogP contribution in [0.3, 0.4) is 0 Å². The molecule has 132 valence electrons. The molecule has 0 spiro atoms. The van der Waals surface area contributed by atoms with Crippen molar-refractivity contribution in [3.8, 4) is 5.75 Å². The average molecular weight is 372 g/mol. The first-order valence-corrected chi connectivity index (χ1v) is 6.90. The van der Waals surface area contributed by atoms with Gasteiger partial charge in [0.25, 0.3) is 12.3 Å². The van der Waals surface area contributed by atoms with Gasteiger partial charge in [0, 0.05) is 18.8 Å². The molecule has 1 aromatic heterocycles. The van der Waals surface area contributed by atoms with Crippen molar-refractivity contribution in [3.05, 3.63) is 24.0 Å².